The summed E-state index contributed by atoms with van der Waals surface area (Å²) in [6.07, 6.45) is 0.542. The highest BCUT2D eigenvalue weighted by Crippen LogP contribution is 2.18. The van der Waals surface area contributed by atoms with E-state index in [9.17, 15) is 5.11 Å². The highest BCUT2D eigenvalue weighted by atomic mass is 16.3. The second-order valence-corrected chi connectivity index (χ2v) is 3.15. The Balaban J connectivity index is 4.28. The summed E-state index contributed by atoms with van der Waals surface area (Å²) in [5.41, 5.74) is 4.05. The van der Waals surface area contributed by atoms with Crippen LogP contribution in [0.3, 0.4) is 0 Å². The lowest BCUT2D eigenvalue weighted by atomic mass is 9.89. The van der Waals surface area contributed by atoms with Crippen molar-refractivity contribution >= 4 is 0 Å². The van der Waals surface area contributed by atoms with Crippen molar-refractivity contribution in [3.63, 3.8) is 0 Å². The van der Waals surface area contributed by atoms with Crippen LogP contribution in [0.15, 0.2) is 0 Å². The SMILES string of the molecule is CCC(N)(O)C(C)(C)NC. The molecular formula is C7H18N2O. The van der Waals surface area contributed by atoms with E-state index in [1.54, 1.807) is 7.05 Å². The van der Waals surface area contributed by atoms with Gasteiger partial charge in [-0.05, 0) is 27.3 Å². The summed E-state index contributed by atoms with van der Waals surface area (Å²) in [7, 11) is 1.79. The predicted octanol–water partition coefficient (Wildman–Crippen LogP) is 0.0417. The fourth-order valence-electron chi connectivity index (χ4n) is 0.658. The van der Waals surface area contributed by atoms with Gasteiger partial charge in [-0.1, -0.05) is 6.92 Å². The fraction of sp³-hybridized carbons (Fsp3) is 1.00. The van der Waals surface area contributed by atoms with Crippen LogP contribution in [-0.2, 0) is 0 Å². The fourth-order valence-corrected chi connectivity index (χ4v) is 0.658. The van der Waals surface area contributed by atoms with Gasteiger partial charge in [0.1, 0.15) is 5.72 Å². The quantitative estimate of drug-likeness (QED) is 0.493. The zero-order valence-electron chi connectivity index (χ0n) is 7.23. The van der Waals surface area contributed by atoms with Crippen LogP contribution < -0.4 is 11.1 Å². The summed E-state index contributed by atoms with van der Waals surface area (Å²) in [6, 6.07) is 0. The molecule has 0 bridgehead atoms. The van der Waals surface area contributed by atoms with Gasteiger partial charge < -0.3 is 16.2 Å². The molecule has 0 aromatic heterocycles. The molecular weight excluding hydrogens is 128 g/mol. The lowest BCUT2D eigenvalue weighted by molar-refractivity contribution is -0.0327. The maximum Gasteiger partial charge on any atom is 0.131 e. The van der Waals surface area contributed by atoms with Gasteiger partial charge in [-0.3, -0.25) is 0 Å². The zero-order chi connectivity index (χ0) is 8.41. The first-order chi connectivity index (χ1) is 4.37. The molecule has 0 aliphatic heterocycles. The molecule has 0 spiro atoms. The van der Waals surface area contributed by atoms with Crippen LogP contribution in [0, 0.1) is 0 Å². The van der Waals surface area contributed by atoms with E-state index in [1.807, 2.05) is 20.8 Å². The molecule has 0 heterocycles. The topological polar surface area (TPSA) is 58.3 Å². The molecule has 62 valence electrons. The van der Waals surface area contributed by atoms with E-state index < -0.39 is 11.3 Å². The van der Waals surface area contributed by atoms with Crippen LogP contribution in [0.25, 0.3) is 0 Å². The van der Waals surface area contributed by atoms with E-state index in [0.717, 1.165) is 0 Å². The second kappa shape index (κ2) is 2.86. The third-order valence-electron chi connectivity index (χ3n) is 2.25. The number of rotatable bonds is 3. The van der Waals surface area contributed by atoms with Crippen molar-refractivity contribution in [2.24, 2.45) is 5.73 Å². The Bertz CT molecular complexity index is 96.2. The molecule has 1 unspecified atom stereocenters. The van der Waals surface area contributed by atoms with Crippen molar-refractivity contribution in [2.75, 3.05) is 7.05 Å². The van der Waals surface area contributed by atoms with Crippen molar-refractivity contribution in [2.45, 2.75) is 38.5 Å². The normalized spacial score (nSPS) is 18.6. The van der Waals surface area contributed by atoms with Gasteiger partial charge in [0.2, 0.25) is 0 Å². The molecule has 1 atom stereocenters. The molecule has 4 N–H and O–H groups in total. The highest BCUT2D eigenvalue weighted by Gasteiger charge is 2.36. The number of hydrogen-bond donors (Lipinski definition) is 3. The van der Waals surface area contributed by atoms with Gasteiger partial charge in [0.05, 0.1) is 5.54 Å². The summed E-state index contributed by atoms with van der Waals surface area (Å²) in [5.74, 6) is 0. The minimum absolute atomic E-state index is 0.429. The number of nitrogens with one attached hydrogen (secondary N) is 1. The first kappa shape index (κ1) is 9.88. The summed E-state index contributed by atoms with van der Waals surface area (Å²) in [5, 5.41) is 12.5. The van der Waals surface area contributed by atoms with Crippen LogP contribution in [0.4, 0.5) is 0 Å². The average Bonchev–Trinajstić information content (AvgIpc) is 1.88. The lowest BCUT2D eigenvalue weighted by Crippen LogP contribution is -2.63. The van der Waals surface area contributed by atoms with Gasteiger partial charge in [0.25, 0.3) is 0 Å². The van der Waals surface area contributed by atoms with Gasteiger partial charge in [-0.25, -0.2) is 0 Å². The van der Waals surface area contributed by atoms with Gasteiger partial charge in [0.15, 0.2) is 0 Å². The number of nitrogens with two attached hydrogens (primary N) is 1. The van der Waals surface area contributed by atoms with Crippen LogP contribution in [0.2, 0.25) is 0 Å². The Kier molecular flexibility index (Phi) is 2.83. The zero-order valence-corrected chi connectivity index (χ0v) is 7.23. The first-order valence-electron chi connectivity index (χ1n) is 3.57. The summed E-state index contributed by atoms with van der Waals surface area (Å²) in [6.45, 7) is 5.60. The molecule has 0 saturated heterocycles. The van der Waals surface area contributed by atoms with Gasteiger partial charge in [0, 0.05) is 0 Å². The largest absolute Gasteiger partial charge is 0.374 e. The second-order valence-electron chi connectivity index (χ2n) is 3.15. The van der Waals surface area contributed by atoms with Gasteiger partial charge in [-0.2, -0.15) is 0 Å². The Hall–Kier alpha value is -0.120. The smallest absolute Gasteiger partial charge is 0.131 e. The molecule has 10 heavy (non-hydrogen) atoms. The molecule has 0 aromatic rings. The van der Waals surface area contributed by atoms with Crippen LogP contribution in [0.5, 0.6) is 0 Å². The Labute approximate surface area is 62.6 Å². The summed E-state index contributed by atoms with van der Waals surface area (Å²) >= 11 is 0. The minimum atomic E-state index is -1.12. The van der Waals surface area contributed by atoms with Crippen molar-refractivity contribution in [1.82, 2.24) is 5.32 Å². The molecule has 0 amide bonds. The minimum Gasteiger partial charge on any atom is -0.374 e. The molecule has 0 aromatic carbocycles. The molecule has 0 aliphatic rings. The van der Waals surface area contributed by atoms with E-state index in [1.165, 1.54) is 0 Å². The summed E-state index contributed by atoms with van der Waals surface area (Å²) in [4.78, 5) is 0. The Morgan fingerprint density at radius 1 is 1.50 bits per heavy atom. The molecule has 0 rings (SSSR count). The van der Waals surface area contributed by atoms with Crippen molar-refractivity contribution < 1.29 is 5.11 Å². The van der Waals surface area contributed by atoms with Gasteiger partial charge >= 0.3 is 0 Å². The Morgan fingerprint density at radius 3 is 2.00 bits per heavy atom. The molecule has 0 saturated carbocycles. The highest BCUT2D eigenvalue weighted by molar-refractivity contribution is 4.93. The number of aliphatic hydroxyl groups is 1. The van der Waals surface area contributed by atoms with Crippen molar-refractivity contribution in [1.29, 1.82) is 0 Å². The van der Waals surface area contributed by atoms with E-state index >= 15 is 0 Å². The molecule has 0 fully saturated rings. The van der Waals surface area contributed by atoms with E-state index in [2.05, 4.69) is 5.32 Å². The maximum atomic E-state index is 9.57. The number of hydrogen-bond acceptors (Lipinski definition) is 3. The van der Waals surface area contributed by atoms with Crippen LogP contribution in [-0.4, -0.2) is 23.4 Å². The monoisotopic (exact) mass is 146 g/mol. The molecule has 3 nitrogen and oxygen atoms in total. The van der Waals surface area contributed by atoms with Gasteiger partial charge in [-0.15, -0.1) is 0 Å². The molecule has 0 aliphatic carbocycles. The molecule has 0 radical (unpaired) electrons. The molecule has 3 heteroatoms. The van der Waals surface area contributed by atoms with Crippen LogP contribution >= 0.6 is 0 Å². The predicted molar refractivity (Wildman–Crippen MR) is 42.6 cm³/mol. The average molecular weight is 146 g/mol. The van der Waals surface area contributed by atoms with Crippen molar-refractivity contribution in [3.05, 3.63) is 0 Å². The third-order valence-corrected chi connectivity index (χ3v) is 2.25. The van der Waals surface area contributed by atoms with Crippen molar-refractivity contribution in [3.8, 4) is 0 Å². The van der Waals surface area contributed by atoms with E-state index in [-0.39, 0.29) is 0 Å². The van der Waals surface area contributed by atoms with Crippen LogP contribution in [0.1, 0.15) is 27.2 Å². The lowest BCUT2D eigenvalue weighted by Gasteiger charge is -2.38. The summed E-state index contributed by atoms with van der Waals surface area (Å²) < 4.78 is 0. The Morgan fingerprint density at radius 2 is 1.90 bits per heavy atom. The third kappa shape index (κ3) is 1.68. The standard InChI is InChI=1S/C7H18N2O/c1-5-7(8,10)6(2,3)9-4/h9-10H,5,8H2,1-4H3. The van der Waals surface area contributed by atoms with E-state index in [4.69, 9.17) is 5.73 Å². The number of likely N-dealkylation sites (N-methyl/N-ethyl adjacent to an activating group) is 1. The first-order valence-corrected chi connectivity index (χ1v) is 3.57. The maximum absolute atomic E-state index is 9.57. The van der Waals surface area contributed by atoms with E-state index in [0.29, 0.717) is 6.42 Å².